The summed E-state index contributed by atoms with van der Waals surface area (Å²) in [5.41, 5.74) is 5.80. The Bertz CT molecular complexity index is 452. The van der Waals surface area contributed by atoms with Crippen LogP contribution in [0, 0.1) is 11.8 Å². The van der Waals surface area contributed by atoms with Crippen molar-refractivity contribution >= 4 is 18.3 Å². The number of piperidine rings is 1. The predicted octanol–water partition coefficient (Wildman–Crippen LogP) is 1.24. The molecule has 1 aromatic heterocycles. The maximum atomic E-state index is 12.7. The van der Waals surface area contributed by atoms with Gasteiger partial charge in [0.05, 0.1) is 6.04 Å². The highest BCUT2D eigenvalue weighted by atomic mass is 35.5. The lowest BCUT2D eigenvalue weighted by atomic mass is 9.93. The van der Waals surface area contributed by atoms with Gasteiger partial charge in [0.15, 0.2) is 0 Å². The largest absolute Gasteiger partial charge is 0.340 e. The molecule has 1 saturated heterocycles. The molecule has 1 saturated carbocycles. The summed E-state index contributed by atoms with van der Waals surface area (Å²) in [6.07, 6.45) is 8.66. The first-order valence-corrected chi connectivity index (χ1v) is 7.62. The average molecular weight is 314 g/mol. The molecule has 0 radical (unpaired) electrons. The normalized spacial score (nSPS) is 29.2. The molecule has 3 atom stereocenters. The first kappa shape index (κ1) is 16.2. The summed E-state index contributed by atoms with van der Waals surface area (Å²) in [6, 6.07) is 0.271. The van der Waals surface area contributed by atoms with E-state index in [9.17, 15) is 4.79 Å². The number of rotatable bonds is 3. The number of hydrogen-bond donors (Lipinski definition) is 1. The Morgan fingerprint density at radius 3 is 2.86 bits per heavy atom. The van der Waals surface area contributed by atoms with E-state index >= 15 is 0 Å². The number of carbonyl (C=O) groups is 1. The van der Waals surface area contributed by atoms with E-state index in [0.29, 0.717) is 18.4 Å². The van der Waals surface area contributed by atoms with Crippen molar-refractivity contribution in [3.8, 4) is 0 Å². The number of nitrogens with two attached hydrogens (primary N) is 1. The van der Waals surface area contributed by atoms with Gasteiger partial charge in [0.2, 0.25) is 5.91 Å². The highest BCUT2D eigenvalue weighted by molar-refractivity contribution is 5.85. The van der Waals surface area contributed by atoms with Gasteiger partial charge in [-0.2, -0.15) is 5.10 Å². The van der Waals surface area contributed by atoms with E-state index in [1.807, 2.05) is 9.58 Å². The van der Waals surface area contributed by atoms with Crippen LogP contribution in [0.1, 0.15) is 38.1 Å². The SMILES string of the molecule is Cl.NC[C@H]1CCC[C@H]1C(=O)N1CCCC(n2cncn2)C1. The third kappa shape index (κ3) is 3.37. The van der Waals surface area contributed by atoms with Gasteiger partial charge < -0.3 is 10.6 Å². The van der Waals surface area contributed by atoms with Gasteiger partial charge in [0.25, 0.3) is 0 Å². The maximum absolute atomic E-state index is 12.7. The Morgan fingerprint density at radius 1 is 1.29 bits per heavy atom. The third-order valence-electron chi connectivity index (χ3n) is 4.80. The second-order valence-electron chi connectivity index (χ2n) is 5.99. The summed E-state index contributed by atoms with van der Waals surface area (Å²) in [4.78, 5) is 18.7. The molecule has 0 spiro atoms. The van der Waals surface area contributed by atoms with Crippen molar-refractivity contribution in [2.24, 2.45) is 17.6 Å². The highest BCUT2D eigenvalue weighted by Gasteiger charge is 2.36. The van der Waals surface area contributed by atoms with Gasteiger partial charge in [0, 0.05) is 19.0 Å². The fourth-order valence-corrected chi connectivity index (χ4v) is 3.66. The number of amides is 1. The van der Waals surface area contributed by atoms with Crippen LogP contribution in [0.25, 0.3) is 0 Å². The lowest BCUT2D eigenvalue weighted by Crippen LogP contribution is -2.45. The predicted molar refractivity (Wildman–Crippen MR) is 82.0 cm³/mol. The minimum absolute atomic E-state index is 0. The number of hydrogen-bond acceptors (Lipinski definition) is 4. The molecule has 6 nitrogen and oxygen atoms in total. The fourth-order valence-electron chi connectivity index (χ4n) is 3.66. The van der Waals surface area contributed by atoms with Crippen LogP contribution in [0.15, 0.2) is 12.7 Å². The number of likely N-dealkylation sites (tertiary alicyclic amines) is 1. The lowest BCUT2D eigenvalue weighted by Gasteiger charge is -2.35. The van der Waals surface area contributed by atoms with Crippen molar-refractivity contribution < 1.29 is 4.79 Å². The second-order valence-corrected chi connectivity index (χ2v) is 5.99. The first-order chi connectivity index (χ1) is 9.79. The fraction of sp³-hybridized carbons (Fsp3) is 0.786. The van der Waals surface area contributed by atoms with E-state index in [-0.39, 0.29) is 24.4 Å². The quantitative estimate of drug-likeness (QED) is 0.910. The Labute approximate surface area is 131 Å². The number of carbonyl (C=O) groups excluding carboxylic acids is 1. The van der Waals surface area contributed by atoms with Crippen LogP contribution in [0.2, 0.25) is 0 Å². The van der Waals surface area contributed by atoms with Crippen LogP contribution in [0.5, 0.6) is 0 Å². The molecule has 0 bridgehead atoms. The van der Waals surface area contributed by atoms with Crippen molar-refractivity contribution in [2.45, 2.75) is 38.1 Å². The van der Waals surface area contributed by atoms with Gasteiger partial charge >= 0.3 is 0 Å². The monoisotopic (exact) mass is 313 g/mol. The summed E-state index contributed by atoms with van der Waals surface area (Å²) in [6.45, 7) is 2.27. The van der Waals surface area contributed by atoms with Crippen LogP contribution < -0.4 is 5.73 Å². The summed E-state index contributed by atoms with van der Waals surface area (Å²) in [7, 11) is 0. The van der Waals surface area contributed by atoms with E-state index < -0.39 is 0 Å². The molecular weight excluding hydrogens is 290 g/mol. The smallest absolute Gasteiger partial charge is 0.226 e. The Morgan fingerprint density at radius 2 is 2.14 bits per heavy atom. The number of nitrogens with zero attached hydrogens (tertiary/aromatic N) is 4. The molecule has 7 heteroatoms. The van der Waals surface area contributed by atoms with Crippen LogP contribution in [0.3, 0.4) is 0 Å². The van der Waals surface area contributed by atoms with Crippen LogP contribution in [-0.2, 0) is 4.79 Å². The van der Waals surface area contributed by atoms with E-state index in [2.05, 4.69) is 10.1 Å². The van der Waals surface area contributed by atoms with Crippen LogP contribution in [-0.4, -0.2) is 45.2 Å². The van der Waals surface area contributed by atoms with Gasteiger partial charge in [-0.05, 0) is 38.1 Å². The van der Waals surface area contributed by atoms with Gasteiger partial charge in [-0.1, -0.05) is 6.42 Å². The zero-order chi connectivity index (χ0) is 13.9. The molecule has 1 aromatic rings. The van der Waals surface area contributed by atoms with Crippen LogP contribution >= 0.6 is 12.4 Å². The Hall–Kier alpha value is -1.14. The average Bonchev–Trinajstić information content (AvgIpc) is 3.17. The summed E-state index contributed by atoms with van der Waals surface area (Å²) in [5.74, 6) is 0.839. The molecule has 2 fully saturated rings. The van der Waals surface area contributed by atoms with E-state index in [1.54, 1.807) is 12.7 Å². The van der Waals surface area contributed by atoms with Gasteiger partial charge in [-0.25, -0.2) is 9.67 Å². The molecule has 1 aliphatic carbocycles. The molecule has 2 N–H and O–H groups in total. The maximum Gasteiger partial charge on any atom is 0.226 e. The van der Waals surface area contributed by atoms with Crippen molar-refractivity contribution in [3.63, 3.8) is 0 Å². The summed E-state index contributed by atoms with van der Waals surface area (Å²) in [5, 5.41) is 4.21. The van der Waals surface area contributed by atoms with E-state index in [0.717, 1.165) is 45.2 Å². The third-order valence-corrected chi connectivity index (χ3v) is 4.80. The minimum Gasteiger partial charge on any atom is -0.340 e. The molecule has 1 unspecified atom stereocenters. The highest BCUT2D eigenvalue weighted by Crippen LogP contribution is 2.33. The topological polar surface area (TPSA) is 77.0 Å². The molecule has 2 heterocycles. The van der Waals surface area contributed by atoms with Crippen molar-refractivity contribution in [3.05, 3.63) is 12.7 Å². The van der Waals surface area contributed by atoms with Crippen molar-refractivity contribution in [1.29, 1.82) is 0 Å². The van der Waals surface area contributed by atoms with Gasteiger partial charge in [-0.15, -0.1) is 12.4 Å². The zero-order valence-electron chi connectivity index (χ0n) is 12.2. The Kier molecular flexibility index (Phi) is 5.58. The molecule has 2 aliphatic rings. The van der Waals surface area contributed by atoms with Gasteiger partial charge in [0.1, 0.15) is 12.7 Å². The molecule has 0 aromatic carbocycles. The molecule has 1 amide bonds. The van der Waals surface area contributed by atoms with Crippen LogP contribution in [0.4, 0.5) is 0 Å². The number of halogens is 1. The lowest BCUT2D eigenvalue weighted by molar-refractivity contribution is -0.138. The van der Waals surface area contributed by atoms with Gasteiger partial charge in [-0.3, -0.25) is 4.79 Å². The Balaban J connectivity index is 0.00000161. The molecule has 3 rings (SSSR count). The molecule has 21 heavy (non-hydrogen) atoms. The second kappa shape index (κ2) is 7.22. The zero-order valence-corrected chi connectivity index (χ0v) is 13.0. The summed E-state index contributed by atoms with van der Waals surface area (Å²) < 4.78 is 1.88. The van der Waals surface area contributed by atoms with Crippen molar-refractivity contribution in [1.82, 2.24) is 19.7 Å². The van der Waals surface area contributed by atoms with E-state index in [4.69, 9.17) is 5.73 Å². The van der Waals surface area contributed by atoms with Crippen molar-refractivity contribution in [2.75, 3.05) is 19.6 Å². The molecular formula is C14H24ClN5O. The first-order valence-electron chi connectivity index (χ1n) is 7.62. The molecule has 1 aliphatic heterocycles. The number of aromatic nitrogens is 3. The van der Waals surface area contributed by atoms with E-state index in [1.165, 1.54) is 0 Å². The standard InChI is InChI=1S/C14H23N5O.ClH/c15-7-11-3-1-5-13(11)14(20)18-6-2-4-12(8-18)19-10-16-9-17-19;/h9-13H,1-8,15H2;1H/t11-,12?,13-;/m1./s1. The minimum atomic E-state index is 0. The summed E-state index contributed by atoms with van der Waals surface area (Å²) >= 11 is 0. The molecule has 118 valence electrons.